The summed E-state index contributed by atoms with van der Waals surface area (Å²) in [6.07, 6.45) is 1.44. The molecule has 2 rings (SSSR count). The summed E-state index contributed by atoms with van der Waals surface area (Å²) in [6, 6.07) is 9.28. The van der Waals surface area contributed by atoms with Gasteiger partial charge >= 0.3 is 0 Å². The first-order valence-corrected chi connectivity index (χ1v) is 8.31. The molecule has 0 bridgehead atoms. The standard InChI is InChI=1S/C18H21ClN4O/c1-4-14-15(10-20)17(23-22-16(14)5-2)21-11-18(3,24)12-7-6-8-13(19)9-12/h6-9,24H,4-5,11H2,1-3H3,(H,21,23). The predicted octanol–water partition coefficient (Wildman–Crippen LogP) is 3.45. The molecule has 24 heavy (non-hydrogen) atoms. The largest absolute Gasteiger partial charge is 0.384 e. The Morgan fingerprint density at radius 3 is 2.62 bits per heavy atom. The molecule has 5 nitrogen and oxygen atoms in total. The van der Waals surface area contributed by atoms with Gasteiger partial charge < -0.3 is 10.4 Å². The van der Waals surface area contributed by atoms with Gasteiger partial charge in [0.25, 0.3) is 0 Å². The van der Waals surface area contributed by atoms with Crippen LogP contribution in [0.5, 0.6) is 0 Å². The highest BCUT2D eigenvalue weighted by Crippen LogP contribution is 2.25. The average molecular weight is 345 g/mol. The lowest BCUT2D eigenvalue weighted by Crippen LogP contribution is -2.31. The van der Waals surface area contributed by atoms with Crippen molar-refractivity contribution >= 4 is 17.4 Å². The number of anilines is 1. The maximum Gasteiger partial charge on any atom is 0.167 e. The van der Waals surface area contributed by atoms with Crippen LogP contribution in [0.15, 0.2) is 24.3 Å². The summed E-state index contributed by atoms with van der Waals surface area (Å²) in [6.45, 7) is 5.85. The second-order valence-corrected chi connectivity index (χ2v) is 6.24. The minimum atomic E-state index is -1.16. The summed E-state index contributed by atoms with van der Waals surface area (Å²) in [5, 5.41) is 32.1. The first-order valence-electron chi connectivity index (χ1n) is 7.93. The van der Waals surface area contributed by atoms with Crippen LogP contribution in [0.1, 0.15) is 43.2 Å². The van der Waals surface area contributed by atoms with Crippen molar-refractivity contribution in [3.8, 4) is 6.07 Å². The number of rotatable bonds is 6. The third-order valence-corrected chi connectivity index (χ3v) is 4.24. The van der Waals surface area contributed by atoms with Crippen molar-refractivity contribution in [1.82, 2.24) is 10.2 Å². The molecular formula is C18H21ClN4O. The van der Waals surface area contributed by atoms with Crippen LogP contribution in [0.2, 0.25) is 5.02 Å². The smallest absolute Gasteiger partial charge is 0.167 e. The second kappa shape index (κ2) is 7.61. The van der Waals surface area contributed by atoms with Gasteiger partial charge in [0, 0.05) is 11.6 Å². The van der Waals surface area contributed by atoms with Crippen molar-refractivity contribution in [3.05, 3.63) is 51.7 Å². The minimum absolute atomic E-state index is 0.186. The lowest BCUT2D eigenvalue weighted by Gasteiger charge is -2.25. The zero-order valence-electron chi connectivity index (χ0n) is 14.1. The van der Waals surface area contributed by atoms with E-state index in [1.54, 1.807) is 25.1 Å². The molecule has 1 unspecified atom stereocenters. The van der Waals surface area contributed by atoms with E-state index in [0.29, 0.717) is 28.4 Å². The number of aliphatic hydroxyl groups is 1. The van der Waals surface area contributed by atoms with E-state index < -0.39 is 5.60 Å². The third-order valence-electron chi connectivity index (χ3n) is 4.00. The Morgan fingerprint density at radius 2 is 2.04 bits per heavy atom. The Bertz CT molecular complexity index is 768. The molecular weight excluding hydrogens is 324 g/mol. The van der Waals surface area contributed by atoms with Gasteiger partial charge in [-0.15, -0.1) is 5.10 Å². The van der Waals surface area contributed by atoms with Gasteiger partial charge in [0.2, 0.25) is 0 Å². The van der Waals surface area contributed by atoms with Crippen molar-refractivity contribution in [2.45, 2.75) is 39.2 Å². The maximum absolute atomic E-state index is 10.7. The van der Waals surface area contributed by atoms with E-state index in [1.165, 1.54) is 0 Å². The molecule has 1 aromatic carbocycles. The van der Waals surface area contributed by atoms with Gasteiger partial charge in [-0.25, -0.2) is 0 Å². The summed E-state index contributed by atoms with van der Waals surface area (Å²) in [5.74, 6) is 0.397. The maximum atomic E-state index is 10.7. The Kier molecular flexibility index (Phi) is 5.76. The summed E-state index contributed by atoms with van der Waals surface area (Å²) < 4.78 is 0. The van der Waals surface area contributed by atoms with Gasteiger partial charge in [-0.1, -0.05) is 37.6 Å². The summed E-state index contributed by atoms with van der Waals surface area (Å²) in [4.78, 5) is 0. The topological polar surface area (TPSA) is 81.8 Å². The van der Waals surface area contributed by atoms with Crippen LogP contribution in [0, 0.1) is 11.3 Å². The Balaban J connectivity index is 2.27. The molecule has 2 N–H and O–H groups in total. The molecule has 1 aromatic heterocycles. The molecule has 0 amide bonds. The average Bonchev–Trinajstić information content (AvgIpc) is 2.58. The summed E-state index contributed by atoms with van der Waals surface area (Å²) in [7, 11) is 0. The zero-order chi connectivity index (χ0) is 17.7. The number of nitrogens with one attached hydrogen (secondary N) is 1. The van der Waals surface area contributed by atoms with Gasteiger partial charge in [0.15, 0.2) is 5.82 Å². The number of nitriles is 1. The molecule has 0 spiro atoms. The van der Waals surface area contributed by atoms with Crippen LogP contribution < -0.4 is 5.32 Å². The third kappa shape index (κ3) is 3.84. The van der Waals surface area contributed by atoms with E-state index in [0.717, 1.165) is 17.7 Å². The van der Waals surface area contributed by atoms with Crippen molar-refractivity contribution < 1.29 is 5.11 Å². The van der Waals surface area contributed by atoms with Crippen molar-refractivity contribution in [2.24, 2.45) is 0 Å². The molecule has 126 valence electrons. The van der Waals surface area contributed by atoms with Crippen LogP contribution >= 0.6 is 11.6 Å². The minimum Gasteiger partial charge on any atom is -0.384 e. The number of aromatic nitrogens is 2. The zero-order valence-corrected chi connectivity index (χ0v) is 14.9. The number of nitrogens with zero attached hydrogens (tertiary/aromatic N) is 3. The molecule has 2 aromatic rings. The molecule has 6 heteroatoms. The first-order chi connectivity index (χ1) is 11.4. The van der Waals surface area contributed by atoms with E-state index in [-0.39, 0.29) is 6.54 Å². The summed E-state index contributed by atoms with van der Waals surface area (Å²) in [5.41, 5.74) is 1.76. The fraction of sp³-hybridized carbons (Fsp3) is 0.389. The van der Waals surface area contributed by atoms with Gasteiger partial charge in [0.1, 0.15) is 17.2 Å². The van der Waals surface area contributed by atoms with E-state index in [9.17, 15) is 10.4 Å². The first kappa shape index (κ1) is 18.2. The fourth-order valence-corrected chi connectivity index (χ4v) is 2.79. The Morgan fingerprint density at radius 1 is 1.29 bits per heavy atom. The van der Waals surface area contributed by atoms with Gasteiger partial charge in [0.05, 0.1) is 5.69 Å². The molecule has 1 atom stereocenters. The molecule has 0 saturated heterocycles. The fourth-order valence-electron chi connectivity index (χ4n) is 2.60. The van der Waals surface area contributed by atoms with Crippen LogP contribution in [-0.4, -0.2) is 21.8 Å². The second-order valence-electron chi connectivity index (χ2n) is 5.81. The number of halogens is 1. The van der Waals surface area contributed by atoms with Crippen LogP contribution in [0.4, 0.5) is 5.82 Å². The van der Waals surface area contributed by atoms with Crippen LogP contribution in [0.25, 0.3) is 0 Å². The molecule has 1 heterocycles. The molecule has 0 aliphatic carbocycles. The number of hydrogen-bond donors (Lipinski definition) is 2. The van der Waals surface area contributed by atoms with E-state index in [4.69, 9.17) is 11.6 Å². The summed E-state index contributed by atoms with van der Waals surface area (Å²) >= 11 is 5.99. The number of aryl methyl sites for hydroxylation is 1. The molecule has 0 radical (unpaired) electrons. The van der Waals surface area contributed by atoms with Crippen LogP contribution in [0.3, 0.4) is 0 Å². The van der Waals surface area contributed by atoms with E-state index in [1.807, 2.05) is 19.9 Å². The molecule has 0 aliphatic rings. The monoisotopic (exact) mass is 344 g/mol. The lowest BCUT2D eigenvalue weighted by atomic mass is 9.96. The van der Waals surface area contributed by atoms with E-state index in [2.05, 4.69) is 21.6 Å². The highest BCUT2D eigenvalue weighted by molar-refractivity contribution is 6.30. The van der Waals surface area contributed by atoms with Gasteiger partial charge in [-0.05, 0) is 43.0 Å². The van der Waals surface area contributed by atoms with E-state index >= 15 is 0 Å². The highest BCUT2D eigenvalue weighted by atomic mass is 35.5. The molecule has 0 fully saturated rings. The Labute approximate surface area is 147 Å². The van der Waals surface area contributed by atoms with Crippen molar-refractivity contribution in [2.75, 3.05) is 11.9 Å². The van der Waals surface area contributed by atoms with Gasteiger partial charge in [-0.2, -0.15) is 10.4 Å². The SMILES string of the molecule is CCc1nnc(NCC(C)(O)c2cccc(Cl)c2)c(C#N)c1CC. The quantitative estimate of drug-likeness (QED) is 0.838. The number of benzene rings is 1. The lowest BCUT2D eigenvalue weighted by molar-refractivity contribution is 0.0714. The number of hydrogen-bond acceptors (Lipinski definition) is 5. The normalized spacial score (nSPS) is 13.2. The van der Waals surface area contributed by atoms with Crippen molar-refractivity contribution in [3.63, 3.8) is 0 Å². The Hall–Kier alpha value is -2.16. The van der Waals surface area contributed by atoms with Gasteiger partial charge in [-0.3, -0.25) is 0 Å². The predicted molar refractivity (Wildman–Crippen MR) is 95.0 cm³/mol. The highest BCUT2D eigenvalue weighted by Gasteiger charge is 2.24. The van der Waals surface area contributed by atoms with Crippen molar-refractivity contribution in [1.29, 1.82) is 5.26 Å². The molecule has 0 aliphatic heterocycles. The molecule has 0 saturated carbocycles. The van der Waals surface area contributed by atoms with Crippen LogP contribution in [-0.2, 0) is 18.4 Å².